The minimum absolute atomic E-state index is 0. The van der Waals surface area contributed by atoms with Gasteiger partial charge >= 0.3 is 51.4 Å². The molecule has 0 spiro atoms. The van der Waals surface area contributed by atoms with Crippen LogP contribution in [-0.4, -0.2) is 64.4 Å². The number of nitrogen functional groups attached to an aromatic ring is 1. The first-order valence-corrected chi connectivity index (χ1v) is 5.69. The summed E-state index contributed by atoms with van der Waals surface area (Å²) in [6, 6.07) is 10.0. The molecule has 0 aromatic heterocycles. The Morgan fingerprint density at radius 1 is 1.06 bits per heavy atom. The maximum atomic E-state index is 11.1. The van der Waals surface area contributed by atoms with Gasteiger partial charge in [0.15, 0.2) is 0 Å². The predicted molar refractivity (Wildman–Crippen MR) is 65.3 cm³/mol. The topological polar surface area (TPSA) is 80.4 Å². The molecule has 2 aromatic carbocycles. The third kappa shape index (κ3) is 2.65. The Kier molecular flexibility index (Phi) is 4.53. The Hall–Kier alpha value is 0.0464. The van der Waals surface area contributed by atoms with Crippen molar-refractivity contribution in [2.45, 2.75) is 4.90 Å². The average Bonchev–Trinajstić information content (AvgIpc) is 2.15. The van der Waals surface area contributed by atoms with Crippen molar-refractivity contribution in [2.24, 2.45) is 0 Å². The van der Waals surface area contributed by atoms with Gasteiger partial charge in [0, 0.05) is 5.39 Å². The molecule has 2 rings (SSSR count). The first kappa shape index (κ1) is 14.1. The van der Waals surface area contributed by atoms with Crippen LogP contribution < -0.4 is 5.73 Å². The van der Waals surface area contributed by atoms with Gasteiger partial charge in [0.2, 0.25) is 0 Å². The van der Waals surface area contributed by atoms with Crippen LogP contribution in [0.25, 0.3) is 10.8 Å². The molecule has 0 saturated heterocycles. The number of hydrogen-bond acceptors (Lipinski definition) is 3. The van der Waals surface area contributed by atoms with Crippen LogP contribution in [0, 0.1) is 0 Å². The molecule has 4 nitrogen and oxygen atoms in total. The zero-order valence-corrected chi connectivity index (χ0v) is 8.53. The minimum atomic E-state index is -4.29. The van der Waals surface area contributed by atoms with Crippen LogP contribution in [0.4, 0.5) is 5.69 Å². The second-order valence-corrected chi connectivity index (χ2v) is 4.54. The van der Waals surface area contributed by atoms with Crippen LogP contribution in [0.1, 0.15) is 0 Å². The zero-order valence-electron chi connectivity index (χ0n) is 7.71. The quantitative estimate of drug-likeness (QED) is 0.457. The van der Waals surface area contributed by atoms with E-state index in [2.05, 4.69) is 0 Å². The third-order valence-electron chi connectivity index (χ3n) is 2.17. The number of fused-ring (bicyclic) bond motifs is 1. The molecule has 0 amide bonds. The Balaban J connectivity index is 0.00000128. The van der Waals surface area contributed by atoms with E-state index in [9.17, 15) is 8.42 Å². The van der Waals surface area contributed by atoms with Crippen molar-refractivity contribution in [3.8, 4) is 0 Å². The Morgan fingerprint density at radius 2 is 1.69 bits per heavy atom. The van der Waals surface area contributed by atoms with Gasteiger partial charge < -0.3 is 5.73 Å². The molecule has 0 unspecified atom stereocenters. The summed E-state index contributed by atoms with van der Waals surface area (Å²) in [6.45, 7) is 0. The molecule has 0 aliphatic heterocycles. The Morgan fingerprint density at radius 3 is 2.31 bits per heavy atom. The van der Waals surface area contributed by atoms with Crippen molar-refractivity contribution >= 4 is 78.0 Å². The first-order chi connectivity index (χ1) is 7.00. The van der Waals surface area contributed by atoms with Gasteiger partial charge in [0.05, 0.1) is 5.69 Å². The molecule has 0 atom stereocenters. The van der Waals surface area contributed by atoms with Gasteiger partial charge in [-0.2, -0.15) is 8.42 Å². The van der Waals surface area contributed by atoms with Gasteiger partial charge in [-0.05, 0) is 11.5 Å². The monoisotopic (exact) mass is 263 g/mol. The van der Waals surface area contributed by atoms with E-state index in [-0.39, 0.29) is 62.0 Å². The molecule has 0 aliphatic rings. The van der Waals surface area contributed by atoms with Gasteiger partial charge in [0.25, 0.3) is 10.1 Å². The molecule has 0 aliphatic carbocycles. The van der Waals surface area contributed by atoms with Crippen molar-refractivity contribution in [2.75, 3.05) is 5.73 Å². The van der Waals surface area contributed by atoms with E-state index < -0.39 is 10.1 Å². The van der Waals surface area contributed by atoms with Crippen LogP contribution in [-0.2, 0) is 10.1 Å². The van der Waals surface area contributed by atoms with E-state index in [0.717, 1.165) is 5.39 Å². The van der Waals surface area contributed by atoms with Crippen LogP contribution >= 0.6 is 0 Å². The SMILES string of the molecule is Nc1ccc2ccccc2c1S(=O)(=O)O.[KH]. The van der Waals surface area contributed by atoms with Gasteiger partial charge in [-0.1, -0.05) is 30.3 Å². The van der Waals surface area contributed by atoms with E-state index in [1.54, 1.807) is 30.3 Å². The molecular formula is C10H10KNO3S. The molecule has 6 heteroatoms. The molecule has 0 radical (unpaired) electrons. The van der Waals surface area contributed by atoms with Crippen LogP contribution in [0.15, 0.2) is 41.3 Å². The zero-order chi connectivity index (χ0) is 11.1. The summed E-state index contributed by atoms with van der Waals surface area (Å²) in [5, 5.41) is 1.15. The molecule has 80 valence electrons. The summed E-state index contributed by atoms with van der Waals surface area (Å²) in [7, 11) is -4.29. The van der Waals surface area contributed by atoms with E-state index in [1.807, 2.05) is 0 Å². The van der Waals surface area contributed by atoms with Crippen molar-refractivity contribution in [3.63, 3.8) is 0 Å². The summed E-state index contributed by atoms with van der Waals surface area (Å²) in [5.41, 5.74) is 5.59. The number of anilines is 1. The molecule has 0 saturated carbocycles. The molecule has 0 heterocycles. The molecule has 2 aromatic rings. The molecule has 0 fully saturated rings. The second kappa shape index (κ2) is 5.13. The van der Waals surface area contributed by atoms with E-state index in [0.29, 0.717) is 5.39 Å². The maximum absolute atomic E-state index is 11.1. The van der Waals surface area contributed by atoms with Crippen LogP contribution in [0.2, 0.25) is 0 Å². The van der Waals surface area contributed by atoms with Gasteiger partial charge in [-0.25, -0.2) is 0 Å². The third-order valence-corrected chi connectivity index (χ3v) is 3.14. The second-order valence-electron chi connectivity index (χ2n) is 3.18. The summed E-state index contributed by atoms with van der Waals surface area (Å²) in [6.07, 6.45) is 0. The molecule has 16 heavy (non-hydrogen) atoms. The predicted octanol–water partition coefficient (Wildman–Crippen LogP) is 1.02. The molecule has 0 bridgehead atoms. The Bertz CT molecular complexity index is 625. The van der Waals surface area contributed by atoms with E-state index in [4.69, 9.17) is 10.3 Å². The van der Waals surface area contributed by atoms with Crippen molar-refractivity contribution in [1.82, 2.24) is 0 Å². The van der Waals surface area contributed by atoms with Crippen molar-refractivity contribution < 1.29 is 13.0 Å². The fraction of sp³-hybridized carbons (Fsp3) is 0. The van der Waals surface area contributed by atoms with E-state index in [1.165, 1.54) is 6.07 Å². The van der Waals surface area contributed by atoms with Gasteiger partial charge in [-0.15, -0.1) is 0 Å². The van der Waals surface area contributed by atoms with Gasteiger partial charge in [-0.3, -0.25) is 4.55 Å². The summed E-state index contributed by atoms with van der Waals surface area (Å²) in [4.78, 5) is -0.222. The summed E-state index contributed by atoms with van der Waals surface area (Å²) < 4.78 is 31.3. The van der Waals surface area contributed by atoms with Crippen molar-refractivity contribution in [3.05, 3.63) is 36.4 Å². The Labute approximate surface area is 136 Å². The van der Waals surface area contributed by atoms with Crippen molar-refractivity contribution in [1.29, 1.82) is 0 Å². The number of benzene rings is 2. The standard InChI is InChI=1S/C10H9NO3S.K.H/c11-9-6-5-7-3-1-2-4-8(7)10(9)15(12,13)14;;/h1-6H,11H2,(H,12,13,14);;. The molecular weight excluding hydrogens is 253 g/mol. The number of nitrogens with two attached hydrogens (primary N) is 1. The number of hydrogen-bond donors (Lipinski definition) is 2. The number of rotatable bonds is 1. The normalized spacial score (nSPS) is 11.1. The first-order valence-electron chi connectivity index (χ1n) is 4.25. The summed E-state index contributed by atoms with van der Waals surface area (Å²) in [5.74, 6) is 0. The van der Waals surface area contributed by atoms with E-state index >= 15 is 0 Å². The average molecular weight is 263 g/mol. The summed E-state index contributed by atoms with van der Waals surface area (Å²) >= 11 is 0. The molecule has 3 N–H and O–H groups in total. The van der Waals surface area contributed by atoms with Gasteiger partial charge in [0.1, 0.15) is 4.90 Å². The van der Waals surface area contributed by atoms with Crippen LogP contribution in [0.5, 0.6) is 0 Å². The van der Waals surface area contributed by atoms with Crippen LogP contribution in [0.3, 0.4) is 0 Å². The fourth-order valence-electron chi connectivity index (χ4n) is 1.55. The fourth-order valence-corrected chi connectivity index (χ4v) is 2.38.